The molecule has 0 bridgehead atoms. The van der Waals surface area contributed by atoms with Crippen molar-refractivity contribution < 1.29 is 19.4 Å². The van der Waals surface area contributed by atoms with Crippen molar-refractivity contribution in [1.29, 1.82) is 0 Å². The third kappa shape index (κ3) is 6.02. The topological polar surface area (TPSA) is 116 Å². The van der Waals surface area contributed by atoms with Gasteiger partial charge in [0.1, 0.15) is 0 Å². The van der Waals surface area contributed by atoms with Crippen molar-refractivity contribution in [2.45, 2.75) is 45.1 Å². The second-order valence-electron chi connectivity index (χ2n) is 5.49. The lowest BCUT2D eigenvalue weighted by atomic mass is 9.98. The number of esters is 1. The Morgan fingerprint density at radius 1 is 1.30 bits per heavy atom. The van der Waals surface area contributed by atoms with Crippen molar-refractivity contribution in [1.82, 2.24) is 0 Å². The monoisotopic (exact) mass is 320 g/mol. The molecule has 6 nitrogen and oxygen atoms in total. The normalized spacial score (nSPS) is 11.7. The minimum absolute atomic E-state index is 0.156. The lowest BCUT2D eigenvalue weighted by Crippen LogP contribution is -2.12. The average molecular weight is 320 g/mol. The van der Waals surface area contributed by atoms with Crippen molar-refractivity contribution >= 4 is 23.3 Å². The third-order valence-corrected chi connectivity index (χ3v) is 3.56. The highest BCUT2D eigenvalue weighted by Crippen LogP contribution is 2.24. The number of carboxylic acids is 1. The summed E-state index contributed by atoms with van der Waals surface area (Å²) < 4.78 is 5.08. The van der Waals surface area contributed by atoms with E-state index in [9.17, 15) is 14.7 Å². The Balaban J connectivity index is 2.46. The van der Waals surface area contributed by atoms with Crippen molar-refractivity contribution in [3.8, 4) is 0 Å². The Bertz CT molecular complexity index is 584. The van der Waals surface area contributed by atoms with E-state index >= 15 is 0 Å². The number of carbonyl (C=O) groups excluding carboxylic acids is 1. The number of ether oxygens (including phenoxy) is 1. The largest absolute Gasteiger partial charge is 0.478 e. The fourth-order valence-electron chi connectivity index (χ4n) is 2.40. The number of aromatic carboxylic acids is 1. The first-order valence-corrected chi connectivity index (χ1v) is 7.59. The fraction of sp³-hybridized carbons (Fsp3) is 0.412. The van der Waals surface area contributed by atoms with Gasteiger partial charge in [-0.05, 0) is 50.3 Å². The molecule has 0 saturated heterocycles. The first kappa shape index (κ1) is 18.5. The summed E-state index contributed by atoms with van der Waals surface area (Å²) in [4.78, 5) is 22.3. The number of hydrogen-bond acceptors (Lipinski definition) is 5. The number of carboxylic acid groups (broad SMARTS) is 1. The Morgan fingerprint density at radius 3 is 2.61 bits per heavy atom. The molecule has 0 aliphatic rings. The van der Waals surface area contributed by atoms with E-state index in [0.29, 0.717) is 23.4 Å². The van der Waals surface area contributed by atoms with E-state index in [1.54, 1.807) is 6.07 Å². The zero-order valence-electron chi connectivity index (χ0n) is 13.4. The number of carbonyl (C=O) groups is 2. The van der Waals surface area contributed by atoms with Gasteiger partial charge in [0.15, 0.2) is 0 Å². The van der Waals surface area contributed by atoms with Crippen LogP contribution in [0.2, 0.25) is 0 Å². The van der Waals surface area contributed by atoms with Crippen LogP contribution in [0.4, 0.5) is 11.4 Å². The molecule has 1 unspecified atom stereocenters. The molecule has 0 fully saturated rings. The van der Waals surface area contributed by atoms with Gasteiger partial charge in [-0.1, -0.05) is 13.0 Å². The molecule has 23 heavy (non-hydrogen) atoms. The van der Waals surface area contributed by atoms with Crippen LogP contribution in [0.3, 0.4) is 0 Å². The molecule has 0 spiro atoms. The molecule has 0 radical (unpaired) electrons. The van der Waals surface area contributed by atoms with E-state index in [1.165, 1.54) is 6.07 Å². The first-order chi connectivity index (χ1) is 10.8. The number of benzene rings is 1. The maximum absolute atomic E-state index is 11.3. The molecule has 0 aliphatic carbocycles. The molecular weight excluding hydrogens is 296 g/mol. The zero-order valence-corrected chi connectivity index (χ0v) is 13.4. The average Bonchev–Trinajstić information content (AvgIpc) is 2.47. The van der Waals surface area contributed by atoms with Gasteiger partial charge in [0.2, 0.25) is 0 Å². The number of nitrogen functional groups attached to an aromatic ring is 2. The summed E-state index contributed by atoms with van der Waals surface area (Å²) in [6.45, 7) is 5.19. The van der Waals surface area contributed by atoms with Gasteiger partial charge in [0.25, 0.3) is 0 Å². The lowest BCUT2D eigenvalue weighted by molar-refractivity contribution is -0.142. The van der Waals surface area contributed by atoms with E-state index in [0.717, 1.165) is 31.8 Å². The molecule has 126 valence electrons. The van der Waals surface area contributed by atoms with Gasteiger partial charge >= 0.3 is 11.9 Å². The third-order valence-electron chi connectivity index (χ3n) is 3.56. The van der Waals surface area contributed by atoms with Gasteiger partial charge in [-0.15, -0.1) is 0 Å². The van der Waals surface area contributed by atoms with Crippen LogP contribution < -0.4 is 11.5 Å². The molecule has 1 rings (SSSR count). The standard InChI is InChI=1S/C17H24N2O4/c1-3-16(20)23-11(2)7-5-4-6-8-13-14(17(21)22)9-12(18)10-15(13)19/h3,9-11H,1,4-8,18-19H2,2H3,(H,21,22). The van der Waals surface area contributed by atoms with Gasteiger partial charge in [0.05, 0.1) is 11.7 Å². The lowest BCUT2D eigenvalue weighted by Gasteiger charge is -2.13. The number of anilines is 2. The Morgan fingerprint density at radius 2 is 2.00 bits per heavy atom. The second kappa shape index (κ2) is 8.82. The minimum atomic E-state index is -1.02. The molecule has 6 heteroatoms. The molecule has 0 heterocycles. The Kier molecular flexibility index (Phi) is 7.12. The van der Waals surface area contributed by atoms with Gasteiger partial charge in [-0.25, -0.2) is 9.59 Å². The SMILES string of the molecule is C=CC(=O)OC(C)CCCCCc1c(N)cc(N)cc1C(=O)O. The highest BCUT2D eigenvalue weighted by atomic mass is 16.5. The Hall–Kier alpha value is -2.50. The predicted molar refractivity (Wildman–Crippen MR) is 90.1 cm³/mol. The van der Waals surface area contributed by atoms with Crippen molar-refractivity contribution in [3.63, 3.8) is 0 Å². The number of nitrogens with two attached hydrogens (primary N) is 2. The minimum Gasteiger partial charge on any atom is -0.478 e. The number of rotatable bonds is 9. The molecule has 1 atom stereocenters. The molecule has 0 aromatic heterocycles. The van der Waals surface area contributed by atoms with Gasteiger partial charge in [-0.2, -0.15) is 0 Å². The van der Waals surface area contributed by atoms with Gasteiger partial charge < -0.3 is 21.3 Å². The van der Waals surface area contributed by atoms with Crippen LogP contribution in [0.1, 0.15) is 48.5 Å². The summed E-state index contributed by atoms with van der Waals surface area (Å²) in [5.74, 6) is -1.44. The van der Waals surface area contributed by atoms with E-state index in [-0.39, 0.29) is 11.7 Å². The molecule has 0 aliphatic heterocycles. The second-order valence-corrected chi connectivity index (χ2v) is 5.49. The van der Waals surface area contributed by atoms with E-state index in [2.05, 4.69) is 6.58 Å². The molecule has 1 aromatic carbocycles. The fourth-order valence-corrected chi connectivity index (χ4v) is 2.40. The van der Waals surface area contributed by atoms with Crippen LogP contribution in [0, 0.1) is 0 Å². The predicted octanol–water partition coefficient (Wildman–Crippen LogP) is 2.77. The Labute approximate surface area is 136 Å². The summed E-state index contributed by atoms with van der Waals surface area (Å²) >= 11 is 0. The van der Waals surface area contributed by atoms with Crippen molar-refractivity contribution in [2.24, 2.45) is 0 Å². The van der Waals surface area contributed by atoms with Crippen molar-refractivity contribution in [2.75, 3.05) is 11.5 Å². The summed E-state index contributed by atoms with van der Waals surface area (Å²) in [5, 5.41) is 9.23. The highest BCUT2D eigenvalue weighted by Gasteiger charge is 2.14. The van der Waals surface area contributed by atoms with Gasteiger partial charge in [0, 0.05) is 17.5 Å². The van der Waals surface area contributed by atoms with E-state index in [1.807, 2.05) is 6.92 Å². The summed E-state index contributed by atoms with van der Waals surface area (Å²) in [7, 11) is 0. The summed E-state index contributed by atoms with van der Waals surface area (Å²) in [6.07, 6.45) is 4.89. The zero-order chi connectivity index (χ0) is 17.4. The molecule has 0 amide bonds. The molecule has 1 aromatic rings. The van der Waals surface area contributed by atoms with Crippen molar-refractivity contribution in [3.05, 3.63) is 35.9 Å². The van der Waals surface area contributed by atoms with E-state index in [4.69, 9.17) is 16.2 Å². The smallest absolute Gasteiger partial charge is 0.336 e. The summed E-state index contributed by atoms with van der Waals surface area (Å²) in [6, 6.07) is 3.02. The molecule has 0 saturated carbocycles. The summed E-state index contributed by atoms with van der Waals surface area (Å²) in [5.41, 5.74) is 13.1. The quantitative estimate of drug-likeness (QED) is 0.279. The van der Waals surface area contributed by atoms with Crippen LogP contribution in [0.15, 0.2) is 24.8 Å². The molecule has 5 N–H and O–H groups in total. The van der Waals surface area contributed by atoms with Crippen LogP contribution in [0.25, 0.3) is 0 Å². The van der Waals surface area contributed by atoms with E-state index < -0.39 is 11.9 Å². The van der Waals surface area contributed by atoms with Crippen LogP contribution >= 0.6 is 0 Å². The number of hydrogen-bond donors (Lipinski definition) is 3. The van der Waals surface area contributed by atoms with Crippen LogP contribution in [0.5, 0.6) is 0 Å². The van der Waals surface area contributed by atoms with Crippen LogP contribution in [-0.4, -0.2) is 23.1 Å². The first-order valence-electron chi connectivity index (χ1n) is 7.59. The van der Waals surface area contributed by atoms with Crippen LogP contribution in [-0.2, 0) is 16.0 Å². The maximum Gasteiger partial charge on any atom is 0.336 e. The maximum atomic E-state index is 11.3. The molecular formula is C17H24N2O4. The number of unbranched alkanes of at least 4 members (excludes halogenated alkanes) is 2. The highest BCUT2D eigenvalue weighted by molar-refractivity contribution is 5.92. The van der Waals surface area contributed by atoms with Gasteiger partial charge in [-0.3, -0.25) is 0 Å².